The number of halogens is 1. The molecule has 106 valence electrons. The number of aryl methyl sites for hydroxylation is 2. The largest absolute Gasteiger partial charge is 0.396 e. The van der Waals surface area contributed by atoms with E-state index in [2.05, 4.69) is 52.2 Å². The Morgan fingerprint density at radius 1 is 1.10 bits per heavy atom. The Hall–Kier alpha value is -2.07. The molecular weight excluding hydrogens is 326 g/mol. The van der Waals surface area contributed by atoms with Crippen molar-refractivity contribution in [3.63, 3.8) is 0 Å². The first-order valence-corrected chi connectivity index (χ1v) is 7.52. The van der Waals surface area contributed by atoms with Gasteiger partial charge in [-0.15, -0.1) is 0 Å². The van der Waals surface area contributed by atoms with Crippen LogP contribution in [0.2, 0.25) is 0 Å². The lowest BCUT2D eigenvalue weighted by atomic mass is 10.1. The fraction of sp³-hybridized carbons (Fsp3) is 0.118. The maximum atomic E-state index is 6.11. The van der Waals surface area contributed by atoms with Crippen LogP contribution in [0.3, 0.4) is 0 Å². The van der Waals surface area contributed by atoms with Crippen LogP contribution < -0.4 is 11.1 Å². The number of nitrogen functional groups attached to an aromatic ring is 1. The van der Waals surface area contributed by atoms with Gasteiger partial charge in [0, 0.05) is 15.5 Å². The minimum atomic E-state index is 0.645. The van der Waals surface area contributed by atoms with E-state index in [4.69, 9.17) is 5.73 Å². The predicted molar refractivity (Wildman–Crippen MR) is 93.1 cm³/mol. The van der Waals surface area contributed by atoms with Gasteiger partial charge in [-0.2, -0.15) is 0 Å². The number of nitrogens with zero attached hydrogens (tertiary/aromatic N) is 1. The third-order valence-electron chi connectivity index (χ3n) is 3.51. The molecule has 21 heavy (non-hydrogen) atoms. The molecule has 0 radical (unpaired) electrons. The number of nitrogens with two attached hydrogens (primary N) is 1. The van der Waals surface area contributed by atoms with Crippen LogP contribution in [0, 0.1) is 13.8 Å². The lowest BCUT2D eigenvalue weighted by Crippen LogP contribution is -1.99. The third kappa shape index (κ3) is 2.59. The number of hydrogen-bond donors (Lipinski definition) is 2. The van der Waals surface area contributed by atoms with E-state index in [9.17, 15) is 0 Å². The molecule has 0 aliphatic carbocycles. The van der Waals surface area contributed by atoms with E-state index < -0.39 is 0 Å². The van der Waals surface area contributed by atoms with E-state index in [-0.39, 0.29) is 0 Å². The molecule has 3 N–H and O–H groups in total. The van der Waals surface area contributed by atoms with Crippen LogP contribution in [0.25, 0.3) is 10.9 Å². The number of benzene rings is 2. The molecule has 0 amide bonds. The van der Waals surface area contributed by atoms with E-state index >= 15 is 0 Å². The van der Waals surface area contributed by atoms with Gasteiger partial charge in [0.25, 0.3) is 0 Å². The van der Waals surface area contributed by atoms with Crippen molar-refractivity contribution in [3.8, 4) is 0 Å². The SMILES string of the molecule is Cc1cc(Nc2c(N)cnc3ccccc23)cc(C)c1Br. The predicted octanol–water partition coefficient (Wildman–Crippen LogP) is 4.94. The molecule has 0 spiro atoms. The summed E-state index contributed by atoms with van der Waals surface area (Å²) in [6.07, 6.45) is 1.70. The second kappa shape index (κ2) is 5.37. The normalized spacial score (nSPS) is 10.8. The molecular formula is C17H16BrN3. The summed E-state index contributed by atoms with van der Waals surface area (Å²) in [6.45, 7) is 4.16. The molecule has 3 rings (SSSR count). The number of anilines is 3. The Morgan fingerprint density at radius 2 is 1.76 bits per heavy atom. The highest BCUT2D eigenvalue weighted by Crippen LogP contribution is 2.32. The van der Waals surface area contributed by atoms with Crippen LogP contribution in [0.15, 0.2) is 47.1 Å². The molecule has 0 aliphatic rings. The lowest BCUT2D eigenvalue weighted by Gasteiger charge is -2.14. The summed E-state index contributed by atoms with van der Waals surface area (Å²) < 4.78 is 1.14. The summed E-state index contributed by atoms with van der Waals surface area (Å²) in [5, 5.41) is 4.46. The molecule has 3 aromatic rings. The molecule has 0 aliphatic heterocycles. The van der Waals surface area contributed by atoms with Crippen molar-refractivity contribution >= 4 is 43.9 Å². The van der Waals surface area contributed by atoms with Gasteiger partial charge in [0.2, 0.25) is 0 Å². The maximum absolute atomic E-state index is 6.11. The highest BCUT2D eigenvalue weighted by molar-refractivity contribution is 9.10. The second-order valence-corrected chi connectivity index (χ2v) is 5.95. The van der Waals surface area contributed by atoms with E-state index in [0.29, 0.717) is 5.69 Å². The Labute approximate surface area is 132 Å². The van der Waals surface area contributed by atoms with Crippen molar-refractivity contribution in [2.45, 2.75) is 13.8 Å². The van der Waals surface area contributed by atoms with Crippen LogP contribution in [-0.4, -0.2) is 4.98 Å². The number of fused-ring (bicyclic) bond motifs is 1. The standard InChI is InChI=1S/C17H16BrN3/c1-10-7-12(8-11(2)16(10)18)21-17-13-5-3-4-6-15(13)20-9-14(17)19/h3-9H,19H2,1-2H3,(H,20,21). The van der Waals surface area contributed by atoms with Crippen molar-refractivity contribution in [3.05, 3.63) is 58.2 Å². The monoisotopic (exact) mass is 341 g/mol. The van der Waals surface area contributed by atoms with E-state index in [1.54, 1.807) is 6.20 Å². The summed E-state index contributed by atoms with van der Waals surface area (Å²) in [6, 6.07) is 12.2. The molecule has 1 heterocycles. The van der Waals surface area contributed by atoms with E-state index in [1.165, 1.54) is 11.1 Å². The van der Waals surface area contributed by atoms with Gasteiger partial charge in [0.15, 0.2) is 0 Å². The van der Waals surface area contributed by atoms with Gasteiger partial charge in [0.1, 0.15) is 0 Å². The summed E-state index contributed by atoms with van der Waals surface area (Å²) >= 11 is 3.59. The fourth-order valence-corrected chi connectivity index (χ4v) is 2.69. The Kier molecular flexibility index (Phi) is 3.55. The highest BCUT2D eigenvalue weighted by Gasteiger charge is 2.08. The lowest BCUT2D eigenvalue weighted by molar-refractivity contribution is 1.33. The highest BCUT2D eigenvalue weighted by atomic mass is 79.9. The quantitative estimate of drug-likeness (QED) is 0.693. The maximum Gasteiger partial charge on any atom is 0.0746 e. The number of hydrogen-bond acceptors (Lipinski definition) is 3. The molecule has 0 unspecified atom stereocenters. The fourth-order valence-electron chi connectivity index (χ4n) is 2.46. The van der Waals surface area contributed by atoms with Crippen LogP contribution in [-0.2, 0) is 0 Å². The van der Waals surface area contributed by atoms with E-state index in [1.807, 2.05) is 24.3 Å². The smallest absolute Gasteiger partial charge is 0.0746 e. The topological polar surface area (TPSA) is 50.9 Å². The second-order valence-electron chi connectivity index (χ2n) is 5.15. The average Bonchev–Trinajstić information content (AvgIpc) is 2.47. The van der Waals surface area contributed by atoms with Gasteiger partial charge in [-0.3, -0.25) is 4.98 Å². The zero-order chi connectivity index (χ0) is 15.0. The third-order valence-corrected chi connectivity index (χ3v) is 4.76. The molecule has 0 saturated heterocycles. The van der Waals surface area contributed by atoms with Crippen molar-refractivity contribution in [2.24, 2.45) is 0 Å². The van der Waals surface area contributed by atoms with Gasteiger partial charge in [0.05, 0.1) is 23.1 Å². The summed E-state index contributed by atoms with van der Waals surface area (Å²) in [5.41, 5.74) is 12.0. The molecule has 1 aromatic heterocycles. The number of rotatable bonds is 2. The molecule has 4 heteroatoms. The molecule has 3 nitrogen and oxygen atoms in total. The average molecular weight is 342 g/mol. The van der Waals surface area contributed by atoms with Crippen LogP contribution in [0.1, 0.15) is 11.1 Å². The van der Waals surface area contributed by atoms with Crippen molar-refractivity contribution in [1.29, 1.82) is 0 Å². The molecule has 0 atom stereocenters. The van der Waals surface area contributed by atoms with Gasteiger partial charge in [-0.1, -0.05) is 34.1 Å². The summed E-state index contributed by atoms with van der Waals surface area (Å²) in [4.78, 5) is 4.36. The number of pyridine rings is 1. The van der Waals surface area contributed by atoms with Crippen LogP contribution >= 0.6 is 15.9 Å². The van der Waals surface area contributed by atoms with Crippen LogP contribution in [0.5, 0.6) is 0 Å². The summed E-state index contributed by atoms with van der Waals surface area (Å²) in [7, 11) is 0. The number of aromatic nitrogens is 1. The Morgan fingerprint density at radius 3 is 2.48 bits per heavy atom. The van der Waals surface area contributed by atoms with E-state index in [0.717, 1.165) is 26.8 Å². The van der Waals surface area contributed by atoms with Crippen molar-refractivity contribution < 1.29 is 0 Å². The first-order chi connectivity index (χ1) is 10.1. The van der Waals surface area contributed by atoms with Gasteiger partial charge in [-0.25, -0.2) is 0 Å². The minimum Gasteiger partial charge on any atom is -0.396 e. The van der Waals surface area contributed by atoms with Gasteiger partial charge >= 0.3 is 0 Å². The van der Waals surface area contributed by atoms with Crippen molar-refractivity contribution in [2.75, 3.05) is 11.1 Å². The first-order valence-electron chi connectivity index (χ1n) is 6.73. The minimum absolute atomic E-state index is 0.645. The molecule has 0 fully saturated rings. The Balaban J connectivity index is 2.12. The number of para-hydroxylation sites is 1. The van der Waals surface area contributed by atoms with Gasteiger partial charge in [-0.05, 0) is 43.2 Å². The Bertz CT molecular complexity index is 804. The summed E-state index contributed by atoms with van der Waals surface area (Å²) in [5.74, 6) is 0. The first kappa shape index (κ1) is 13.9. The van der Waals surface area contributed by atoms with Crippen LogP contribution in [0.4, 0.5) is 17.1 Å². The zero-order valence-electron chi connectivity index (χ0n) is 11.9. The molecule has 0 saturated carbocycles. The van der Waals surface area contributed by atoms with Crippen molar-refractivity contribution in [1.82, 2.24) is 4.98 Å². The van der Waals surface area contributed by atoms with Gasteiger partial charge < -0.3 is 11.1 Å². The molecule has 2 aromatic carbocycles. The molecule has 0 bridgehead atoms. The number of nitrogens with one attached hydrogen (secondary N) is 1. The zero-order valence-corrected chi connectivity index (χ0v) is 13.5.